The lowest BCUT2D eigenvalue weighted by molar-refractivity contribution is 0.0495. The second-order valence-electron chi connectivity index (χ2n) is 4.07. The summed E-state index contributed by atoms with van der Waals surface area (Å²) in [6.07, 6.45) is 4.10. The Bertz CT molecular complexity index is 138. The SMILES string of the molecule is CCC(CC)(CC)N(CCO)CCCO. The maximum atomic E-state index is 9.08. The highest BCUT2D eigenvalue weighted by Gasteiger charge is 2.30. The minimum atomic E-state index is 0.202. The van der Waals surface area contributed by atoms with E-state index in [1.807, 2.05) is 0 Å². The summed E-state index contributed by atoms with van der Waals surface area (Å²) in [4.78, 5) is 2.34. The summed E-state index contributed by atoms with van der Waals surface area (Å²) < 4.78 is 0. The topological polar surface area (TPSA) is 43.7 Å². The Balaban J connectivity index is 4.50. The van der Waals surface area contributed by atoms with Crippen molar-refractivity contribution in [1.29, 1.82) is 0 Å². The van der Waals surface area contributed by atoms with E-state index in [0.717, 1.165) is 38.8 Å². The largest absolute Gasteiger partial charge is 0.396 e. The number of rotatable bonds is 9. The first-order chi connectivity index (χ1) is 7.20. The standard InChI is InChI=1S/C12H27NO2/c1-4-12(5-2,6-3)13(9-11-15)8-7-10-14/h14-15H,4-11H2,1-3H3. The van der Waals surface area contributed by atoms with Crippen LogP contribution in [-0.4, -0.2) is 47.0 Å². The van der Waals surface area contributed by atoms with Gasteiger partial charge in [0.2, 0.25) is 0 Å². The van der Waals surface area contributed by atoms with Crippen molar-refractivity contribution in [1.82, 2.24) is 4.90 Å². The third-order valence-corrected chi connectivity index (χ3v) is 3.60. The smallest absolute Gasteiger partial charge is 0.0558 e. The normalized spacial score (nSPS) is 12.4. The second kappa shape index (κ2) is 8.08. The van der Waals surface area contributed by atoms with Crippen molar-refractivity contribution in [3.63, 3.8) is 0 Å². The second-order valence-corrected chi connectivity index (χ2v) is 4.07. The summed E-state index contributed by atoms with van der Waals surface area (Å²) >= 11 is 0. The molecule has 0 aliphatic carbocycles. The van der Waals surface area contributed by atoms with Crippen LogP contribution in [0.2, 0.25) is 0 Å². The maximum Gasteiger partial charge on any atom is 0.0558 e. The van der Waals surface area contributed by atoms with Gasteiger partial charge in [-0.15, -0.1) is 0 Å². The Morgan fingerprint density at radius 2 is 1.40 bits per heavy atom. The number of aliphatic hydroxyl groups is 2. The minimum Gasteiger partial charge on any atom is -0.396 e. The van der Waals surface area contributed by atoms with Crippen LogP contribution in [0, 0.1) is 0 Å². The van der Waals surface area contributed by atoms with Gasteiger partial charge in [-0.05, 0) is 25.7 Å². The third kappa shape index (κ3) is 4.09. The number of β-amino-alcohol motifs (C(OH)–C–C–N with tert-alkyl or cyclic N) is 1. The van der Waals surface area contributed by atoms with Crippen LogP contribution in [0.25, 0.3) is 0 Å². The molecular weight excluding hydrogens is 190 g/mol. The molecule has 0 aromatic rings. The molecule has 2 N–H and O–H groups in total. The average Bonchev–Trinajstić information content (AvgIpc) is 2.28. The van der Waals surface area contributed by atoms with Crippen LogP contribution in [0.3, 0.4) is 0 Å². The van der Waals surface area contributed by atoms with Crippen molar-refractivity contribution in [2.24, 2.45) is 0 Å². The Kier molecular flexibility index (Phi) is 8.02. The number of hydrogen-bond donors (Lipinski definition) is 2. The average molecular weight is 217 g/mol. The van der Waals surface area contributed by atoms with E-state index in [2.05, 4.69) is 25.7 Å². The van der Waals surface area contributed by atoms with Gasteiger partial charge in [-0.25, -0.2) is 0 Å². The molecule has 0 aromatic heterocycles. The van der Waals surface area contributed by atoms with E-state index in [4.69, 9.17) is 10.2 Å². The molecule has 0 saturated carbocycles. The number of aliphatic hydroxyl groups excluding tert-OH is 2. The molecule has 0 spiro atoms. The van der Waals surface area contributed by atoms with Crippen molar-refractivity contribution in [3.05, 3.63) is 0 Å². The van der Waals surface area contributed by atoms with Gasteiger partial charge in [-0.2, -0.15) is 0 Å². The Hall–Kier alpha value is -0.120. The van der Waals surface area contributed by atoms with Crippen LogP contribution in [0.15, 0.2) is 0 Å². The summed E-state index contributed by atoms with van der Waals surface area (Å²) in [6.45, 7) is 8.65. The molecule has 0 radical (unpaired) electrons. The van der Waals surface area contributed by atoms with Gasteiger partial charge in [0.1, 0.15) is 0 Å². The fourth-order valence-electron chi connectivity index (χ4n) is 2.39. The minimum absolute atomic E-state index is 0.202. The molecular formula is C12H27NO2. The van der Waals surface area contributed by atoms with Crippen LogP contribution in [0.1, 0.15) is 46.5 Å². The van der Waals surface area contributed by atoms with Gasteiger partial charge in [0.05, 0.1) is 6.61 Å². The zero-order valence-electron chi connectivity index (χ0n) is 10.5. The molecule has 0 aliphatic rings. The Labute approximate surface area is 94.1 Å². The van der Waals surface area contributed by atoms with Crippen molar-refractivity contribution in [3.8, 4) is 0 Å². The molecule has 92 valence electrons. The Morgan fingerprint density at radius 1 is 0.867 bits per heavy atom. The van der Waals surface area contributed by atoms with Crippen molar-refractivity contribution in [2.45, 2.75) is 52.0 Å². The van der Waals surface area contributed by atoms with E-state index < -0.39 is 0 Å². The highest BCUT2D eigenvalue weighted by Crippen LogP contribution is 2.27. The molecule has 0 saturated heterocycles. The molecule has 0 aromatic carbocycles. The van der Waals surface area contributed by atoms with E-state index >= 15 is 0 Å². The van der Waals surface area contributed by atoms with Gasteiger partial charge >= 0.3 is 0 Å². The predicted molar refractivity (Wildman–Crippen MR) is 64.0 cm³/mol. The lowest BCUT2D eigenvalue weighted by Gasteiger charge is -2.42. The molecule has 0 fully saturated rings. The van der Waals surface area contributed by atoms with E-state index in [1.165, 1.54) is 0 Å². The lowest BCUT2D eigenvalue weighted by Crippen LogP contribution is -2.49. The summed E-state index contributed by atoms with van der Waals surface area (Å²) in [6, 6.07) is 0. The highest BCUT2D eigenvalue weighted by atomic mass is 16.3. The maximum absolute atomic E-state index is 9.08. The first-order valence-corrected chi connectivity index (χ1v) is 6.17. The summed E-state index contributed by atoms with van der Waals surface area (Å²) in [5, 5.41) is 18.0. The lowest BCUT2D eigenvalue weighted by atomic mass is 9.87. The van der Waals surface area contributed by atoms with Gasteiger partial charge in [0.15, 0.2) is 0 Å². The molecule has 0 aliphatic heterocycles. The third-order valence-electron chi connectivity index (χ3n) is 3.60. The van der Waals surface area contributed by atoms with Crippen LogP contribution < -0.4 is 0 Å². The van der Waals surface area contributed by atoms with Crippen LogP contribution in [0.4, 0.5) is 0 Å². The van der Waals surface area contributed by atoms with Crippen molar-refractivity contribution >= 4 is 0 Å². The molecule has 0 heterocycles. The summed E-state index contributed by atoms with van der Waals surface area (Å²) in [7, 11) is 0. The van der Waals surface area contributed by atoms with Gasteiger partial charge < -0.3 is 10.2 Å². The van der Waals surface area contributed by atoms with E-state index in [1.54, 1.807) is 0 Å². The van der Waals surface area contributed by atoms with Gasteiger partial charge in [0.25, 0.3) is 0 Å². The fraction of sp³-hybridized carbons (Fsp3) is 1.00. The molecule has 0 amide bonds. The zero-order chi connectivity index (χ0) is 11.7. The Morgan fingerprint density at radius 3 is 1.73 bits per heavy atom. The highest BCUT2D eigenvalue weighted by molar-refractivity contribution is 4.87. The number of nitrogens with zero attached hydrogens (tertiary/aromatic N) is 1. The van der Waals surface area contributed by atoms with E-state index in [-0.39, 0.29) is 18.8 Å². The van der Waals surface area contributed by atoms with E-state index in [9.17, 15) is 0 Å². The first kappa shape index (κ1) is 14.9. The van der Waals surface area contributed by atoms with Gasteiger partial charge in [-0.1, -0.05) is 20.8 Å². The quantitative estimate of drug-likeness (QED) is 0.617. The summed E-state index contributed by atoms with van der Waals surface area (Å²) in [5.74, 6) is 0. The summed E-state index contributed by atoms with van der Waals surface area (Å²) in [5.41, 5.74) is 0.206. The number of hydrogen-bond acceptors (Lipinski definition) is 3. The van der Waals surface area contributed by atoms with Crippen molar-refractivity contribution in [2.75, 3.05) is 26.3 Å². The monoisotopic (exact) mass is 217 g/mol. The molecule has 3 heteroatoms. The molecule has 0 rings (SSSR count). The molecule has 15 heavy (non-hydrogen) atoms. The molecule has 0 bridgehead atoms. The molecule has 3 nitrogen and oxygen atoms in total. The molecule has 0 unspecified atom stereocenters. The van der Waals surface area contributed by atoms with E-state index in [0.29, 0.717) is 0 Å². The predicted octanol–water partition coefficient (Wildman–Crippen LogP) is 1.63. The van der Waals surface area contributed by atoms with Crippen LogP contribution in [-0.2, 0) is 0 Å². The van der Waals surface area contributed by atoms with Gasteiger partial charge in [0, 0.05) is 25.2 Å². The first-order valence-electron chi connectivity index (χ1n) is 6.17. The molecule has 0 atom stereocenters. The van der Waals surface area contributed by atoms with Crippen LogP contribution in [0.5, 0.6) is 0 Å². The van der Waals surface area contributed by atoms with Crippen LogP contribution >= 0.6 is 0 Å². The zero-order valence-corrected chi connectivity index (χ0v) is 10.5. The fourth-order valence-corrected chi connectivity index (χ4v) is 2.39. The van der Waals surface area contributed by atoms with Gasteiger partial charge in [-0.3, -0.25) is 4.90 Å². The van der Waals surface area contributed by atoms with Crippen molar-refractivity contribution < 1.29 is 10.2 Å².